The maximum atomic E-state index is 11.3. The summed E-state index contributed by atoms with van der Waals surface area (Å²) in [6.07, 6.45) is -1.27. The van der Waals surface area contributed by atoms with E-state index in [1.54, 1.807) is 12.1 Å². The van der Waals surface area contributed by atoms with Crippen LogP contribution in [-0.2, 0) is 4.79 Å². The molecule has 1 heterocycles. The minimum absolute atomic E-state index is 0.121. The van der Waals surface area contributed by atoms with Gasteiger partial charge >= 0.3 is 6.03 Å². The average Bonchev–Trinajstić information content (AvgIpc) is 2.58. The van der Waals surface area contributed by atoms with Gasteiger partial charge < -0.3 is 15.5 Å². The Bertz CT molecular complexity index is 446. The van der Waals surface area contributed by atoms with Crippen LogP contribution in [0.2, 0.25) is 0 Å². The van der Waals surface area contributed by atoms with Crippen LogP contribution in [0.1, 0.15) is 11.7 Å². The van der Waals surface area contributed by atoms with Crippen molar-refractivity contribution in [3.63, 3.8) is 0 Å². The summed E-state index contributed by atoms with van der Waals surface area (Å²) in [4.78, 5) is 22.1. The summed E-state index contributed by atoms with van der Waals surface area (Å²) >= 11 is 0. The number of carbonyl (C=O) groups excluding carboxylic acids is 2. The van der Waals surface area contributed by atoms with E-state index < -0.39 is 24.1 Å². The van der Waals surface area contributed by atoms with Crippen molar-refractivity contribution >= 4 is 11.9 Å². The van der Waals surface area contributed by atoms with Crippen molar-refractivity contribution in [3.8, 4) is 5.75 Å². The van der Waals surface area contributed by atoms with Crippen molar-refractivity contribution < 1.29 is 19.8 Å². The minimum Gasteiger partial charge on any atom is -0.508 e. The lowest BCUT2D eigenvalue weighted by atomic mass is 10.0. The van der Waals surface area contributed by atoms with E-state index in [1.807, 2.05) is 5.32 Å². The highest BCUT2D eigenvalue weighted by atomic mass is 16.3. The van der Waals surface area contributed by atoms with E-state index >= 15 is 0 Å². The number of para-hydroxylation sites is 1. The molecule has 1 aliphatic heterocycles. The lowest BCUT2D eigenvalue weighted by Crippen LogP contribution is -2.35. The molecule has 2 atom stereocenters. The average molecular weight is 222 g/mol. The Morgan fingerprint density at radius 1 is 1.25 bits per heavy atom. The number of aliphatic hydroxyl groups excluding tert-OH is 1. The highest BCUT2D eigenvalue weighted by Crippen LogP contribution is 2.26. The Hall–Kier alpha value is -2.08. The summed E-state index contributed by atoms with van der Waals surface area (Å²) in [6.45, 7) is 0. The number of carbonyl (C=O) groups is 2. The number of nitrogens with one attached hydrogen (secondary N) is 2. The van der Waals surface area contributed by atoms with Crippen LogP contribution in [0.4, 0.5) is 4.79 Å². The van der Waals surface area contributed by atoms with Gasteiger partial charge in [0, 0.05) is 5.56 Å². The van der Waals surface area contributed by atoms with Gasteiger partial charge in [-0.1, -0.05) is 18.2 Å². The summed E-state index contributed by atoms with van der Waals surface area (Å²) in [5.74, 6) is -0.732. The summed E-state index contributed by atoms with van der Waals surface area (Å²) in [7, 11) is 0. The predicted molar refractivity (Wildman–Crippen MR) is 53.5 cm³/mol. The minimum atomic E-state index is -1.27. The number of rotatable bonds is 2. The maximum absolute atomic E-state index is 11.3. The smallest absolute Gasteiger partial charge is 0.322 e. The van der Waals surface area contributed by atoms with Crippen LogP contribution in [0.5, 0.6) is 5.75 Å². The van der Waals surface area contributed by atoms with Crippen LogP contribution in [0, 0.1) is 0 Å². The molecular formula is C10H10N2O4. The number of benzene rings is 1. The lowest BCUT2D eigenvalue weighted by molar-refractivity contribution is -0.122. The molecule has 1 fully saturated rings. The largest absolute Gasteiger partial charge is 0.508 e. The molecule has 3 amide bonds. The number of imide groups is 1. The van der Waals surface area contributed by atoms with Gasteiger partial charge in [0.2, 0.25) is 0 Å². The normalized spacial score (nSPS) is 21.4. The first-order valence-electron chi connectivity index (χ1n) is 4.67. The number of phenols is 1. The number of hydrogen-bond donors (Lipinski definition) is 4. The maximum Gasteiger partial charge on any atom is 0.322 e. The third-order valence-electron chi connectivity index (χ3n) is 2.38. The molecule has 0 aromatic heterocycles. The summed E-state index contributed by atoms with van der Waals surface area (Å²) in [6, 6.07) is 4.38. The Balaban J connectivity index is 2.26. The number of urea groups is 1. The van der Waals surface area contributed by atoms with Crippen LogP contribution < -0.4 is 10.6 Å². The zero-order chi connectivity index (χ0) is 11.7. The van der Waals surface area contributed by atoms with Gasteiger partial charge in [-0.3, -0.25) is 10.1 Å². The molecule has 2 unspecified atom stereocenters. The molecule has 1 aromatic rings. The second-order valence-corrected chi connectivity index (χ2v) is 3.44. The summed E-state index contributed by atoms with van der Waals surface area (Å²) < 4.78 is 0. The third-order valence-corrected chi connectivity index (χ3v) is 2.38. The number of aromatic hydroxyl groups is 1. The Morgan fingerprint density at radius 2 is 1.94 bits per heavy atom. The fraction of sp³-hybridized carbons (Fsp3) is 0.200. The molecule has 0 aliphatic carbocycles. The van der Waals surface area contributed by atoms with Crippen molar-refractivity contribution in [2.24, 2.45) is 0 Å². The second-order valence-electron chi connectivity index (χ2n) is 3.44. The first-order valence-corrected chi connectivity index (χ1v) is 4.67. The van der Waals surface area contributed by atoms with Gasteiger partial charge in [0.1, 0.15) is 17.9 Å². The van der Waals surface area contributed by atoms with Crippen LogP contribution in [0.25, 0.3) is 0 Å². The first kappa shape index (κ1) is 10.4. The molecule has 1 saturated heterocycles. The van der Waals surface area contributed by atoms with E-state index in [4.69, 9.17) is 0 Å². The molecular weight excluding hydrogens is 212 g/mol. The fourth-order valence-electron chi connectivity index (χ4n) is 1.57. The standard InChI is InChI=1S/C10H10N2O4/c13-6-4-2-1-3-5(6)8(14)7-9(15)12-10(16)11-7/h1-4,7-8,13-14H,(H2,11,12,15,16). The Morgan fingerprint density at radius 3 is 2.50 bits per heavy atom. The quantitative estimate of drug-likeness (QED) is 0.513. The van der Waals surface area contributed by atoms with Crippen LogP contribution in [0.3, 0.4) is 0 Å². The van der Waals surface area contributed by atoms with Gasteiger partial charge in [0.05, 0.1) is 0 Å². The second kappa shape index (κ2) is 3.82. The van der Waals surface area contributed by atoms with E-state index in [0.29, 0.717) is 0 Å². The van der Waals surface area contributed by atoms with Crippen molar-refractivity contribution in [1.82, 2.24) is 10.6 Å². The van der Waals surface area contributed by atoms with E-state index in [2.05, 4.69) is 5.32 Å². The van der Waals surface area contributed by atoms with Gasteiger partial charge in [-0.25, -0.2) is 4.79 Å². The molecule has 4 N–H and O–H groups in total. The van der Waals surface area contributed by atoms with Gasteiger partial charge in [-0.05, 0) is 6.07 Å². The molecule has 1 aromatic carbocycles. The van der Waals surface area contributed by atoms with Crippen molar-refractivity contribution in [3.05, 3.63) is 29.8 Å². The van der Waals surface area contributed by atoms with E-state index in [1.165, 1.54) is 12.1 Å². The lowest BCUT2D eigenvalue weighted by Gasteiger charge is -2.16. The number of aliphatic hydroxyl groups is 1. The fourth-order valence-corrected chi connectivity index (χ4v) is 1.57. The molecule has 0 bridgehead atoms. The van der Waals surface area contributed by atoms with E-state index in [9.17, 15) is 19.8 Å². The van der Waals surface area contributed by atoms with Crippen molar-refractivity contribution in [2.45, 2.75) is 12.1 Å². The van der Waals surface area contributed by atoms with E-state index in [-0.39, 0.29) is 11.3 Å². The molecule has 6 nitrogen and oxygen atoms in total. The highest BCUT2D eigenvalue weighted by Gasteiger charge is 2.36. The molecule has 84 valence electrons. The predicted octanol–water partition coefficient (Wildman–Crippen LogP) is -0.366. The SMILES string of the molecule is O=C1NC(=O)C(C(O)c2ccccc2O)N1. The van der Waals surface area contributed by atoms with Gasteiger partial charge in [0.25, 0.3) is 5.91 Å². The van der Waals surface area contributed by atoms with Gasteiger partial charge in [-0.15, -0.1) is 0 Å². The molecule has 0 saturated carbocycles. The van der Waals surface area contributed by atoms with Crippen LogP contribution >= 0.6 is 0 Å². The highest BCUT2D eigenvalue weighted by molar-refractivity contribution is 6.04. The zero-order valence-electron chi connectivity index (χ0n) is 8.18. The third kappa shape index (κ3) is 1.70. The van der Waals surface area contributed by atoms with Gasteiger partial charge in [0.15, 0.2) is 0 Å². The van der Waals surface area contributed by atoms with Crippen LogP contribution in [0.15, 0.2) is 24.3 Å². The zero-order valence-corrected chi connectivity index (χ0v) is 8.18. The number of hydrogen-bond acceptors (Lipinski definition) is 4. The number of phenolic OH excluding ortho intramolecular Hbond substituents is 1. The molecule has 16 heavy (non-hydrogen) atoms. The Kier molecular flexibility index (Phi) is 2.49. The molecule has 1 aliphatic rings. The summed E-state index contributed by atoms with van der Waals surface area (Å²) in [5.41, 5.74) is 0.199. The topological polar surface area (TPSA) is 98.7 Å². The Labute approximate surface area is 90.9 Å². The summed E-state index contributed by atoms with van der Waals surface area (Å²) in [5, 5.41) is 23.6. The van der Waals surface area contributed by atoms with Gasteiger partial charge in [-0.2, -0.15) is 0 Å². The van der Waals surface area contributed by atoms with E-state index in [0.717, 1.165) is 0 Å². The first-order chi connectivity index (χ1) is 7.59. The van der Waals surface area contributed by atoms with Crippen molar-refractivity contribution in [2.75, 3.05) is 0 Å². The monoisotopic (exact) mass is 222 g/mol. The molecule has 2 rings (SSSR count). The number of amides is 3. The molecule has 0 spiro atoms. The molecule has 6 heteroatoms. The van der Waals surface area contributed by atoms with Crippen LogP contribution in [-0.4, -0.2) is 28.2 Å². The van der Waals surface area contributed by atoms with Crippen molar-refractivity contribution in [1.29, 1.82) is 0 Å². The molecule has 0 radical (unpaired) electrons.